The smallest absolute Gasteiger partial charge is 0.242 e. The lowest BCUT2D eigenvalue weighted by Crippen LogP contribution is -2.24. The summed E-state index contributed by atoms with van der Waals surface area (Å²) in [6.07, 6.45) is 0. The Morgan fingerprint density at radius 1 is 0.955 bits per heavy atom. The van der Waals surface area contributed by atoms with Gasteiger partial charge in [0, 0.05) is 32.2 Å². The molecular formula is C16H19ClN2O2S. The lowest BCUT2D eigenvalue weighted by molar-refractivity contribution is 0.518. The largest absolute Gasteiger partial charge is 0.309 e. The van der Waals surface area contributed by atoms with Gasteiger partial charge in [0.15, 0.2) is 0 Å². The van der Waals surface area contributed by atoms with Crippen LogP contribution >= 0.6 is 11.6 Å². The first-order chi connectivity index (χ1) is 10.4. The maximum absolute atomic E-state index is 12.3. The van der Waals surface area contributed by atoms with Gasteiger partial charge in [-0.1, -0.05) is 48.0 Å². The van der Waals surface area contributed by atoms with Gasteiger partial charge in [0.1, 0.15) is 0 Å². The molecule has 0 aliphatic rings. The van der Waals surface area contributed by atoms with E-state index >= 15 is 0 Å². The molecule has 6 heteroatoms. The minimum Gasteiger partial charge on any atom is -0.309 e. The quantitative estimate of drug-likeness (QED) is 0.881. The van der Waals surface area contributed by atoms with Crippen molar-refractivity contribution in [2.75, 3.05) is 14.1 Å². The van der Waals surface area contributed by atoms with Crippen molar-refractivity contribution in [1.29, 1.82) is 0 Å². The second kappa shape index (κ2) is 7.24. The third kappa shape index (κ3) is 3.87. The fourth-order valence-corrected chi connectivity index (χ4v) is 3.39. The number of nitrogens with one attached hydrogen (secondary N) is 1. The summed E-state index contributed by atoms with van der Waals surface area (Å²) >= 11 is 6.11. The lowest BCUT2D eigenvalue weighted by Gasteiger charge is -2.15. The van der Waals surface area contributed by atoms with Gasteiger partial charge in [0.05, 0.1) is 4.90 Å². The molecule has 0 aliphatic heterocycles. The summed E-state index contributed by atoms with van der Waals surface area (Å²) in [7, 11) is -0.381. The lowest BCUT2D eigenvalue weighted by atomic mass is 10.2. The molecule has 0 amide bonds. The van der Waals surface area contributed by atoms with Gasteiger partial charge in [0.2, 0.25) is 10.0 Å². The molecule has 118 valence electrons. The molecule has 0 atom stereocenters. The molecule has 2 aromatic carbocycles. The number of rotatable bonds is 6. The van der Waals surface area contributed by atoms with Gasteiger partial charge >= 0.3 is 0 Å². The molecular weight excluding hydrogens is 320 g/mol. The molecule has 0 saturated carbocycles. The van der Waals surface area contributed by atoms with Gasteiger partial charge in [-0.15, -0.1) is 0 Å². The van der Waals surface area contributed by atoms with Crippen LogP contribution < -0.4 is 5.32 Å². The summed E-state index contributed by atoms with van der Waals surface area (Å²) in [5, 5.41) is 3.94. The van der Waals surface area contributed by atoms with Crippen molar-refractivity contribution in [3.63, 3.8) is 0 Å². The summed E-state index contributed by atoms with van der Waals surface area (Å²) in [5.41, 5.74) is 1.72. The SMILES string of the molecule is CN(C)S(=O)(=O)c1ccccc1CNCc1ccccc1Cl. The van der Waals surface area contributed by atoms with Crippen LogP contribution in [0, 0.1) is 0 Å². The third-order valence-electron chi connectivity index (χ3n) is 3.32. The molecule has 0 aromatic heterocycles. The Morgan fingerprint density at radius 2 is 1.50 bits per heavy atom. The topological polar surface area (TPSA) is 49.4 Å². The number of benzene rings is 2. The van der Waals surface area contributed by atoms with Crippen LogP contribution in [-0.2, 0) is 23.1 Å². The number of hydrogen-bond donors (Lipinski definition) is 1. The Labute approximate surface area is 136 Å². The monoisotopic (exact) mass is 338 g/mol. The van der Waals surface area contributed by atoms with Gasteiger partial charge in [-0.25, -0.2) is 12.7 Å². The Balaban J connectivity index is 2.13. The first kappa shape index (κ1) is 17.0. The van der Waals surface area contributed by atoms with E-state index in [1.807, 2.05) is 36.4 Å². The zero-order chi connectivity index (χ0) is 16.2. The van der Waals surface area contributed by atoms with Crippen LogP contribution in [0.3, 0.4) is 0 Å². The number of sulfonamides is 1. The zero-order valence-electron chi connectivity index (χ0n) is 12.6. The summed E-state index contributed by atoms with van der Waals surface area (Å²) < 4.78 is 25.9. The van der Waals surface area contributed by atoms with Crippen LogP contribution in [0.15, 0.2) is 53.4 Å². The van der Waals surface area contributed by atoms with Gasteiger partial charge in [0.25, 0.3) is 0 Å². The number of nitrogens with zero attached hydrogens (tertiary/aromatic N) is 1. The molecule has 2 rings (SSSR count). The van der Waals surface area contributed by atoms with E-state index in [1.54, 1.807) is 12.1 Å². The molecule has 0 aliphatic carbocycles. The molecule has 0 bridgehead atoms. The maximum Gasteiger partial charge on any atom is 0.242 e. The Bertz CT molecular complexity index is 745. The van der Waals surface area contributed by atoms with E-state index in [4.69, 9.17) is 11.6 Å². The van der Waals surface area contributed by atoms with Crippen molar-refractivity contribution < 1.29 is 8.42 Å². The second-order valence-corrected chi connectivity index (χ2v) is 7.62. The molecule has 0 radical (unpaired) electrons. The molecule has 0 fully saturated rings. The molecule has 2 aromatic rings. The minimum atomic E-state index is -3.44. The standard InChI is InChI=1S/C16H19ClN2O2S/c1-19(2)22(20,21)16-10-6-4-8-14(16)12-18-11-13-7-3-5-9-15(13)17/h3-10,18H,11-12H2,1-2H3. The van der Waals surface area contributed by atoms with Crippen LogP contribution in [0.5, 0.6) is 0 Å². The molecule has 1 N–H and O–H groups in total. The van der Waals surface area contributed by atoms with Gasteiger partial charge in [-0.05, 0) is 23.3 Å². The van der Waals surface area contributed by atoms with Gasteiger partial charge < -0.3 is 5.32 Å². The van der Waals surface area contributed by atoms with Crippen molar-refractivity contribution in [3.05, 3.63) is 64.7 Å². The Hall–Kier alpha value is -1.40. The molecule has 0 heterocycles. The predicted molar refractivity (Wildman–Crippen MR) is 89.3 cm³/mol. The summed E-state index contributed by atoms with van der Waals surface area (Å²) in [6.45, 7) is 1.03. The molecule has 0 spiro atoms. The fourth-order valence-electron chi connectivity index (χ4n) is 2.07. The maximum atomic E-state index is 12.3. The molecule has 0 saturated heterocycles. The van der Waals surface area contributed by atoms with E-state index in [0.29, 0.717) is 23.0 Å². The van der Waals surface area contributed by atoms with Crippen LogP contribution in [0.1, 0.15) is 11.1 Å². The van der Waals surface area contributed by atoms with E-state index in [1.165, 1.54) is 18.4 Å². The van der Waals surface area contributed by atoms with Crippen molar-refractivity contribution in [2.24, 2.45) is 0 Å². The average Bonchev–Trinajstić information content (AvgIpc) is 2.49. The molecule has 4 nitrogen and oxygen atoms in total. The first-order valence-electron chi connectivity index (χ1n) is 6.87. The van der Waals surface area contributed by atoms with E-state index in [-0.39, 0.29) is 0 Å². The van der Waals surface area contributed by atoms with Gasteiger partial charge in [-0.2, -0.15) is 0 Å². The molecule has 0 unspecified atom stereocenters. The number of hydrogen-bond acceptors (Lipinski definition) is 3. The fraction of sp³-hybridized carbons (Fsp3) is 0.250. The number of halogens is 1. The third-order valence-corrected chi connectivity index (χ3v) is 5.60. The van der Waals surface area contributed by atoms with Crippen LogP contribution in [-0.4, -0.2) is 26.8 Å². The summed E-state index contributed by atoms with van der Waals surface area (Å²) in [6, 6.07) is 14.6. The van der Waals surface area contributed by atoms with E-state index in [0.717, 1.165) is 11.1 Å². The Morgan fingerprint density at radius 3 is 2.14 bits per heavy atom. The van der Waals surface area contributed by atoms with E-state index in [2.05, 4.69) is 5.32 Å². The van der Waals surface area contributed by atoms with Crippen molar-refractivity contribution >= 4 is 21.6 Å². The second-order valence-electron chi connectivity index (χ2n) is 5.09. The highest BCUT2D eigenvalue weighted by Crippen LogP contribution is 2.19. The normalized spacial score (nSPS) is 11.8. The summed E-state index contributed by atoms with van der Waals surface area (Å²) in [5.74, 6) is 0. The van der Waals surface area contributed by atoms with Crippen LogP contribution in [0.4, 0.5) is 0 Å². The average molecular weight is 339 g/mol. The first-order valence-corrected chi connectivity index (χ1v) is 8.69. The molecule has 22 heavy (non-hydrogen) atoms. The van der Waals surface area contributed by atoms with Crippen molar-refractivity contribution in [1.82, 2.24) is 9.62 Å². The minimum absolute atomic E-state index is 0.326. The highest BCUT2D eigenvalue weighted by Gasteiger charge is 2.20. The Kier molecular flexibility index (Phi) is 5.58. The van der Waals surface area contributed by atoms with E-state index < -0.39 is 10.0 Å². The highest BCUT2D eigenvalue weighted by atomic mass is 35.5. The highest BCUT2D eigenvalue weighted by molar-refractivity contribution is 7.89. The van der Waals surface area contributed by atoms with E-state index in [9.17, 15) is 8.42 Å². The van der Waals surface area contributed by atoms with Crippen molar-refractivity contribution in [2.45, 2.75) is 18.0 Å². The zero-order valence-corrected chi connectivity index (χ0v) is 14.2. The van der Waals surface area contributed by atoms with Crippen molar-refractivity contribution in [3.8, 4) is 0 Å². The van der Waals surface area contributed by atoms with Gasteiger partial charge in [-0.3, -0.25) is 0 Å². The van der Waals surface area contributed by atoms with Crippen LogP contribution in [0.25, 0.3) is 0 Å². The van der Waals surface area contributed by atoms with Crippen LogP contribution in [0.2, 0.25) is 5.02 Å². The predicted octanol–water partition coefficient (Wildman–Crippen LogP) is 2.88. The summed E-state index contributed by atoms with van der Waals surface area (Å²) in [4.78, 5) is 0.326.